The zero-order valence-electron chi connectivity index (χ0n) is 16.8. The number of nitrogens with zero attached hydrogens (tertiary/aromatic N) is 4. The van der Waals surface area contributed by atoms with Crippen molar-refractivity contribution in [1.82, 2.24) is 24.7 Å². The number of rotatable bonds is 7. The second-order valence-corrected chi connectivity index (χ2v) is 7.28. The van der Waals surface area contributed by atoms with Crippen molar-refractivity contribution in [1.29, 1.82) is 0 Å². The minimum absolute atomic E-state index is 0.599. The highest BCUT2D eigenvalue weighted by atomic mass is 15.3. The molecule has 0 saturated carbocycles. The highest BCUT2D eigenvalue weighted by Crippen LogP contribution is 2.22. The predicted octanol–water partition coefficient (Wildman–Crippen LogP) is 4.11. The maximum atomic E-state index is 4.72. The smallest absolute Gasteiger partial charge is 0.226 e. The molecule has 0 fully saturated rings. The van der Waals surface area contributed by atoms with Gasteiger partial charge >= 0.3 is 0 Å². The number of fused-ring (bicyclic) bond motifs is 2. The molecule has 3 aromatic heterocycles. The number of anilines is 2. The number of H-pyrrole nitrogens is 1. The number of hydrogen-bond donors (Lipinski definition) is 3. The van der Waals surface area contributed by atoms with Crippen LogP contribution in [0.15, 0.2) is 67.0 Å². The van der Waals surface area contributed by atoms with E-state index < -0.39 is 0 Å². The number of hydrogen-bond acceptors (Lipinski definition) is 5. The Morgan fingerprint density at radius 2 is 1.77 bits per heavy atom. The van der Waals surface area contributed by atoms with Crippen molar-refractivity contribution in [2.75, 3.05) is 17.2 Å². The average molecular weight is 397 g/mol. The largest absolute Gasteiger partial charge is 0.365 e. The molecule has 0 aliphatic heterocycles. The lowest BCUT2D eigenvalue weighted by Gasteiger charge is -2.10. The molecule has 0 saturated heterocycles. The predicted molar refractivity (Wildman–Crippen MR) is 121 cm³/mol. The Balaban J connectivity index is 1.34. The Bertz CT molecular complexity index is 1290. The van der Waals surface area contributed by atoms with E-state index in [4.69, 9.17) is 4.98 Å². The fourth-order valence-electron chi connectivity index (χ4n) is 3.67. The van der Waals surface area contributed by atoms with Gasteiger partial charge in [-0.1, -0.05) is 48.5 Å². The minimum Gasteiger partial charge on any atom is -0.365 e. The van der Waals surface area contributed by atoms with Gasteiger partial charge < -0.3 is 15.6 Å². The third-order valence-corrected chi connectivity index (χ3v) is 5.25. The van der Waals surface area contributed by atoms with Crippen molar-refractivity contribution in [3.8, 4) is 0 Å². The number of benzene rings is 2. The number of para-hydroxylation sites is 1. The summed E-state index contributed by atoms with van der Waals surface area (Å²) in [7, 11) is 1.89. The fourth-order valence-corrected chi connectivity index (χ4v) is 3.67. The van der Waals surface area contributed by atoms with E-state index in [1.165, 1.54) is 16.5 Å². The maximum absolute atomic E-state index is 4.72. The van der Waals surface area contributed by atoms with E-state index in [1.807, 2.05) is 31.3 Å². The van der Waals surface area contributed by atoms with Gasteiger partial charge in [0.2, 0.25) is 5.95 Å². The van der Waals surface area contributed by atoms with Gasteiger partial charge in [-0.05, 0) is 23.6 Å². The lowest BCUT2D eigenvalue weighted by molar-refractivity contribution is 0.785. The minimum atomic E-state index is 0.599. The first-order valence-electron chi connectivity index (χ1n) is 10.0. The van der Waals surface area contributed by atoms with Crippen LogP contribution in [0.25, 0.3) is 21.9 Å². The van der Waals surface area contributed by atoms with Crippen molar-refractivity contribution in [3.05, 3.63) is 78.1 Å². The standard InChI is InChI=1S/C23H23N7/c1-30-22-19(15-27-30)21(26-13-16-7-3-2-4-8-16)28-23(29-22)24-12-11-17-14-25-20-10-6-5-9-18(17)20/h2-10,14-15,25H,11-13H2,1H3,(H2,24,26,28,29). The summed E-state index contributed by atoms with van der Waals surface area (Å²) in [6.45, 7) is 1.43. The number of aromatic nitrogens is 5. The zero-order valence-corrected chi connectivity index (χ0v) is 16.8. The molecule has 7 heteroatoms. The van der Waals surface area contributed by atoms with Gasteiger partial charge in [0.1, 0.15) is 5.82 Å². The molecule has 150 valence electrons. The molecule has 0 amide bonds. The van der Waals surface area contributed by atoms with E-state index in [-0.39, 0.29) is 0 Å². The van der Waals surface area contributed by atoms with Crippen LogP contribution in [0.3, 0.4) is 0 Å². The molecule has 5 aromatic rings. The van der Waals surface area contributed by atoms with Gasteiger partial charge in [0.15, 0.2) is 5.65 Å². The quantitative estimate of drug-likeness (QED) is 0.385. The Morgan fingerprint density at radius 3 is 2.67 bits per heavy atom. The maximum Gasteiger partial charge on any atom is 0.226 e. The van der Waals surface area contributed by atoms with Crippen LogP contribution in [0.2, 0.25) is 0 Å². The van der Waals surface area contributed by atoms with Crippen LogP contribution < -0.4 is 10.6 Å². The molecule has 2 aromatic carbocycles. The number of nitrogens with one attached hydrogen (secondary N) is 3. The summed E-state index contributed by atoms with van der Waals surface area (Å²) in [5.74, 6) is 1.38. The zero-order chi connectivity index (χ0) is 20.3. The van der Waals surface area contributed by atoms with E-state index in [0.29, 0.717) is 12.5 Å². The van der Waals surface area contributed by atoms with Gasteiger partial charge in [-0.25, -0.2) is 0 Å². The van der Waals surface area contributed by atoms with E-state index in [2.05, 4.69) is 62.2 Å². The van der Waals surface area contributed by atoms with Crippen LogP contribution in [-0.2, 0) is 20.0 Å². The van der Waals surface area contributed by atoms with Gasteiger partial charge in [-0.3, -0.25) is 4.68 Å². The molecule has 0 bridgehead atoms. The first-order chi connectivity index (χ1) is 14.8. The molecule has 0 unspecified atom stereocenters. The summed E-state index contributed by atoms with van der Waals surface area (Å²) < 4.78 is 1.77. The van der Waals surface area contributed by atoms with Gasteiger partial charge in [-0.15, -0.1) is 0 Å². The van der Waals surface area contributed by atoms with Crippen molar-refractivity contribution in [3.63, 3.8) is 0 Å². The topological polar surface area (TPSA) is 83.5 Å². The third-order valence-electron chi connectivity index (χ3n) is 5.25. The first kappa shape index (κ1) is 18.2. The highest BCUT2D eigenvalue weighted by molar-refractivity contribution is 5.87. The second kappa shape index (κ2) is 7.87. The van der Waals surface area contributed by atoms with Crippen LogP contribution in [0, 0.1) is 0 Å². The van der Waals surface area contributed by atoms with Crippen LogP contribution in [0.5, 0.6) is 0 Å². The van der Waals surface area contributed by atoms with Crippen LogP contribution >= 0.6 is 0 Å². The normalized spacial score (nSPS) is 11.2. The molecule has 7 nitrogen and oxygen atoms in total. The first-order valence-corrected chi connectivity index (χ1v) is 10.0. The lowest BCUT2D eigenvalue weighted by atomic mass is 10.1. The lowest BCUT2D eigenvalue weighted by Crippen LogP contribution is -2.11. The summed E-state index contributed by atoms with van der Waals surface area (Å²) in [5.41, 5.74) is 4.44. The summed E-state index contributed by atoms with van der Waals surface area (Å²) in [6, 6.07) is 18.6. The summed E-state index contributed by atoms with van der Waals surface area (Å²) in [6.07, 6.45) is 4.76. The van der Waals surface area contributed by atoms with Gasteiger partial charge in [0.05, 0.1) is 11.6 Å². The van der Waals surface area contributed by atoms with E-state index in [1.54, 1.807) is 10.9 Å². The van der Waals surface area contributed by atoms with Crippen LogP contribution in [-0.4, -0.2) is 31.3 Å². The summed E-state index contributed by atoms with van der Waals surface area (Å²) >= 11 is 0. The van der Waals surface area contributed by atoms with Gasteiger partial charge in [0.25, 0.3) is 0 Å². The van der Waals surface area contributed by atoms with Crippen LogP contribution in [0.4, 0.5) is 11.8 Å². The molecule has 0 atom stereocenters. The van der Waals surface area contributed by atoms with Crippen molar-refractivity contribution < 1.29 is 0 Å². The SMILES string of the molecule is Cn1ncc2c(NCc3ccccc3)nc(NCCc3c[nH]c4ccccc34)nc21. The fraction of sp³-hybridized carbons (Fsp3) is 0.174. The molecule has 5 rings (SSSR count). The summed E-state index contributed by atoms with van der Waals surface area (Å²) in [5, 5.41) is 13.3. The van der Waals surface area contributed by atoms with E-state index in [0.717, 1.165) is 35.3 Å². The average Bonchev–Trinajstić information content (AvgIpc) is 3.37. The van der Waals surface area contributed by atoms with E-state index >= 15 is 0 Å². The molecule has 3 heterocycles. The molecule has 30 heavy (non-hydrogen) atoms. The highest BCUT2D eigenvalue weighted by Gasteiger charge is 2.12. The Kier molecular flexibility index (Phi) is 4.77. The molecule has 0 aliphatic rings. The van der Waals surface area contributed by atoms with Crippen molar-refractivity contribution in [2.24, 2.45) is 7.05 Å². The molecular formula is C23H23N7. The Morgan fingerprint density at radius 1 is 0.933 bits per heavy atom. The Labute approximate surface area is 174 Å². The number of aromatic amines is 1. The molecule has 0 aliphatic carbocycles. The van der Waals surface area contributed by atoms with Crippen molar-refractivity contribution >= 4 is 33.7 Å². The van der Waals surface area contributed by atoms with Crippen molar-refractivity contribution in [2.45, 2.75) is 13.0 Å². The molecule has 0 radical (unpaired) electrons. The van der Waals surface area contributed by atoms with Gasteiger partial charge in [0, 0.05) is 37.2 Å². The number of aryl methyl sites for hydroxylation is 1. The van der Waals surface area contributed by atoms with Crippen LogP contribution in [0.1, 0.15) is 11.1 Å². The molecule has 3 N–H and O–H groups in total. The third kappa shape index (κ3) is 3.57. The Hall–Kier alpha value is -3.87. The molecule has 0 spiro atoms. The monoisotopic (exact) mass is 397 g/mol. The molecular weight excluding hydrogens is 374 g/mol. The van der Waals surface area contributed by atoms with Gasteiger partial charge in [-0.2, -0.15) is 15.1 Å². The summed E-state index contributed by atoms with van der Waals surface area (Å²) in [4.78, 5) is 12.7. The van der Waals surface area contributed by atoms with E-state index in [9.17, 15) is 0 Å². The second-order valence-electron chi connectivity index (χ2n) is 7.28.